The molecule has 0 bridgehead atoms. The van der Waals surface area contributed by atoms with Gasteiger partial charge in [0.15, 0.2) is 0 Å². The van der Waals surface area contributed by atoms with Gasteiger partial charge in [-0.1, -0.05) is 27.7 Å². The molecule has 0 amide bonds. The minimum Gasteiger partial charge on any atom is -0.299 e. The monoisotopic (exact) mass is 168 g/mol. The molecule has 68 valence electrons. The maximum atomic E-state index is 11.5. The molecule has 0 N–H and O–H groups in total. The zero-order valence-electron chi connectivity index (χ0n) is 8.23. The lowest BCUT2D eigenvalue weighted by Crippen LogP contribution is -2.46. The molecule has 0 aliphatic heterocycles. The fourth-order valence-electron chi connectivity index (χ4n) is 1.55. The Morgan fingerprint density at radius 1 is 1.08 bits per heavy atom. The maximum absolute atomic E-state index is 11.5. The van der Waals surface area contributed by atoms with Gasteiger partial charge in [-0.3, -0.25) is 9.59 Å². The highest BCUT2D eigenvalue weighted by atomic mass is 16.2. The van der Waals surface area contributed by atoms with Crippen molar-refractivity contribution in [3.8, 4) is 0 Å². The van der Waals surface area contributed by atoms with E-state index >= 15 is 0 Å². The summed E-state index contributed by atoms with van der Waals surface area (Å²) >= 11 is 0. The summed E-state index contributed by atoms with van der Waals surface area (Å²) in [6.07, 6.45) is 0.669. The second-order valence-corrected chi connectivity index (χ2v) is 4.82. The molecular formula is C10H16O2. The lowest BCUT2D eigenvalue weighted by molar-refractivity contribution is -0.144. The van der Waals surface area contributed by atoms with Gasteiger partial charge in [0.05, 0.1) is 6.42 Å². The third-order valence-corrected chi connectivity index (χ3v) is 3.39. The first kappa shape index (κ1) is 9.43. The molecule has 0 saturated heterocycles. The number of Topliss-reactive ketones (excluding diaryl/α,β-unsaturated/α-hetero) is 2. The topological polar surface area (TPSA) is 34.1 Å². The highest BCUT2D eigenvalue weighted by Crippen LogP contribution is 2.46. The van der Waals surface area contributed by atoms with Crippen LogP contribution >= 0.6 is 0 Å². The Morgan fingerprint density at radius 3 is 2.00 bits per heavy atom. The molecule has 0 radical (unpaired) electrons. The van der Waals surface area contributed by atoms with Crippen LogP contribution in [-0.4, -0.2) is 11.6 Å². The van der Waals surface area contributed by atoms with Gasteiger partial charge in [0.25, 0.3) is 0 Å². The van der Waals surface area contributed by atoms with Crippen LogP contribution in [0.4, 0.5) is 0 Å². The van der Waals surface area contributed by atoms with Crippen molar-refractivity contribution in [3.63, 3.8) is 0 Å². The zero-order valence-corrected chi connectivity index (χ0v) is 8.23. The van der Waals surface area contributed by atoms with E-state index in [1.165, 1.54) is 0 Å². The van der Waals surface area contributed by atoms with Gasteiger partial charge in [-0.15, -0.1) is 0 Å². The number of rotatable bonds is 0. The average Bonchev–Trinajstić information content (AvgIpc) is 1.82. The standard InChI is InChI=1S/C10H16O2/c1-9(2)6-7(11)5-8(12)10(9,3)4/h5-6H2,1-4H3. The van der Waals surface area contributed by atoms with Crippen LogP contribution in [0.5, 0.6) is 0 Å². The van der Waals surface area contributed by atoms with Crippen molar-refractivity contribution >= 4 is 11.6 Å². The van der Waals surface area contributed by atoms with E-state index in [4.69, 9.17) is 0 Å². The summed E-state index contributed by atoms with van der Waals surface area (Å²) in [6.45, 7) is 7.84. The second kappa shape index (κ2) is 2.41. The van der Waals surface area contributed by atoms with E-state index in [1.807, 2.05) is 27.7 Å². The molecule has 0 aromatic rings. The van der Waals surface area contributed by atoms with Crippen LogP contribution < -0.4 is 0 Å². The van der Waals surface area contributed by atoms with Crippen molar-refractivity contribution in [2.45, 2.75) is 40.5 Å². The minimum absolute atomic E-state index is 0.0868. The molecule has 1 aliphatic rings. The molecule has 0 aromatic carbocycles. The van der Waals surface area contributed by atoms with Crippen LogP contribution in [0.2, 0.25) is 0 Å². The number of ketones is 2. The quantitative estimate of drug-likeness (QED) is 0.518. The predicted molar refractivity (Wildman–Crippen MR) is 46.8 cm³/mol. The van der Waals surface area contributed by atoms with Crippen LogP contribution in [0.25, 0.3) is 0 Å². The molecule has 1 aliphatic carbocycles. The van der Waals surface area contributed by atoms with Gasteiger partial charge in [0.1, 0.15) is 11.6 Å². The van der Waals surface area contributed by atoms with E-state index in [9.17, 15) is 9.59 Å². The molecule has 0 spiro atoms. The summed E-state index contributed by atoms with van der Waals surface area (Å²) in [4.78, 5) is 22.7. The molecule has 0 unspecified atom stereocenters. The number of carbonyl (C=O) groups excluding carboxylic acids is 2. The van der Waals surface area contributed by atoms with Crippen molar-refractivity contribution in [3.05, 3.63) is 0 Å². The summed E-state index contributed by atoms with van der Waals surface area (Å²) in [5, 5.41) is 0. The molecule has 1 saturated carbocycles. The molecule has 2 nitrogen and oxygen atoms in total. The summed E-state index contributed by atoms with van der Waals surface area (Å²) in [5.41, 5.74) is -0.527. The van der Waals surface area contributed by atoms with E-state index < -0.39 is 0 Å². The van der Waals surface area contributed by atoms with Gasteiger partial charge in [-0.25, -0.2) is 0 Å². The Labute approximate surface area is 73.3 Å². The predicted octanol–water partition coefficient (Wildman–Crippen LogP) is 1.97. The van der Waals surface area contributed by atoms with Crippen LogP contribution in [0.15, 0.2) is 0 Å². The number of hydrogen-bond donors (Lipinski definition) is 0. The van der Waals surface area contributed by atoms with E-state index in [1.54, 1.807) is 0 Å². The van der Waals surface area contributed by atoms with Crippen LogP contribution in [0, 0.1) is 10.8 Å². The van der Waals surface area contributed by atoms with Gasteiger partial charge < -0.3 is 0 Å². The normalized spacial score (nSPS) is 27.3. The first-order chi connectivity index (χ1) is 5.27. The Balaban J connectivity index is 3.02. The second-order valence-electron chi connectivity index (χ2n) is 4.82. The smallest absolute Gasteiger partial charge is 0.146 e. The van der Waals surface area contributed by atoms with Crippen molar-refractivity contribution < 1.29 is 9.59 Å². The van der Waals surface area contributed by atoms with Gasteiger partial charge in [0.2, 0.25) is 0 Å². The Hall–Kier alpha value is -0.660. The van der Waals surface area contributed by atoms with Crippen LogP contribution in [0.3, 0.4) is 0 Å². The van der Waals surface area contributed by atoms with E-state index in [2.05, 4.69) is 0 Å². The van der Waals surface area contributed by atoms with E-state index in [0.717, 1.165) is 0 Å². The fourth-order valence-corrected chi connectivity index (χ4v) is 1.55. The SMILES string of the molecule is CC1(C)CC(=O)CC(=O)C1(C)C. The van der Waals surface area contributed by atoms with E-state index in [-0.39, 0.29) is 28.8 Å². The van der Waals surface area contributed by atoms with Gasteiger partial charge in [0, 0.05) is 11.8 Å². The van der Waals surface area contributed by atoms with Gasteiger partial charge in [-0.05, 0) is 5.41 Å². The Bertz CT molecular complexity index is 236. The lowest BCUT2D eigenvalue weighted by atomic mass is 9.59. The molecule has 0 atom stereocenters. The van der Waals surface area contributed by atoms with Crippen molar-refractivity contribution in [1.82, 2.24) is 0 Å². The molecule has 0 heterocycles. The number of carbonyl (C=O) groups is 2. The Kier molecular flexibility index (Phi) is 1.89. The highest BCUT2D eigenvalue weighted by Gasteiger charge is 2.47. The average molecular weight is 168 g/mol. The number of hydrogen-bond acceptors (Lipinski definition) is 2. The fraction of sp³-hybridized carbons (Fsp3) is 0.800. The van der Waals surface area contributed by atoms with Gasteiger partial charge in [-0.2, -0.15) is 0 Å². The summed E-state index contributed by atoms with van der Waals surface area (Å²) in [5.74, 6) is 0.174. The summed E-state index contributed by atoms with van der Waals surface area (Å²) < 4.78 is 0. The molecular weight excluding hydrogens is 152 g/mol. The largest absolute Gasteiger partial charge is 0.299 e. The summed E-state index contributed by atoms with van der Waals surface area (Å²) in [6, 6.07) is 0. The molecule has 1 fully saturated rings. The maximum Gasteiger partial charge on any atom is 0.146 e. The third kappa shape index (κ3) is 1.19. The first-order valence-corrected chi connectivity index (χ1v) is 4.32. The third-order valence-electron chi connectivity index (χ3n) is 3.39. The van der Waals surface area contributed by atoms with Crippen LogP contribution in [0.1, 0.15) is 40.5 Å². The van der Waals surface area contributed by atoms with Crippen molar-refractivity contribution in [2.24, 2.45) is 10.8 Å². The van der Waals surface area contributed by atoms with Crippen molar-refractivity contribution in [2.75, 3.05) is 0 Å². The van der Waals surface area contributed by atoms with E-state index in [0.29, 0.717) is 6.42 Å². The summed E-state index contributed by atoms with van der Waals surface area (Å²) in [7, 11) is 0. The molecule has 0 aromatic heterocycles. The minimum atomic E-state index is -0.346. The highest BCUT2D eigenvalue weighted by molar-refractivity contribution is 6.04. The lowest BCUT2D eigenvalue weighted by Gasteiger charge is -2.43. The van der Waals surface area contributed by atoms with Crippen LogP contribution in [-0.2, 0) is 9.59 Å². The Morgan fingerprint density at radius 2 is 1.58 bits per heavy atom. The van der Waals surface area contributed by atoms with Crippen molar-refractivity contribution in [1.29, 1.82) is 0 Å². The van der Waals surface area contributed by atoms with Gasteiger partial charge >= 0.3 is 0 Å². The zero-order chi connectivity index (χ0) is 9.57. The first-order valence-electron chi connectivity index (χ1n) is 4.32. The molecule has 12 heavy (non-hydrogen) atoms. The molecule has 1 rings (SSSR count). The molecule has 2 heteroatoms.